The van der Waals surface area contributed by atoms with E-state index in [1.54, 1.807) is 18.2 Å². The Kier molecular flexibility index (Phi) is 5.59. The highest BCUT2D eigenvalue weighted by atomic mass is 16.5. The number of rotatable bonds is 7. The molecule has 1 heterocycles. The third-order valence-corrected chi connectivity index (χ3v) is 3.99. The van der Waals surface area contributed by atoms with Crippen LogP contribution < -0.4 is 14.8 Å². The van der Waals surface area contributed by atoms with Crippen molar-refractivity contribution in [2.45, 2.75) is 6.61 Å². The number of nitrogens with zero attached hydrogens (tertiary/aromatic N) is 1. The van der Waals surface area contributed by atoms with Crippen LogP contribution in [0.1, 0.15) is 11.1 Å². The summed E-state index contributed by atoms with van der Waals surface area (Å²) in [5.74, 6) is -0.977. The molecule has 1 aliphatic rings. The summed E-state index contributed by atoms with van der Waals surface area (Å²) in [5, 5.41) is 11.2. The van der Waals surface area contributed by atoms with Gasteiger partial charge < -0.3 is 19.9 Å². The van der Waals surface area contributed by atoms with Gasteiger partial charge in [-0.2, -0.15) is 0 Å². The molecular weight excluding hydrogens is 364 g/mol. The summed E-state index contributed by atoms with van der Waals surface area (Å²) in [6, 6.07) is 14.0. The Morgan fingerprint density at radius 1 is 1.14 bits per heavy atom. The maximum Gasteiger partial charge on any atom is 0.329 e. The van der Waals surface area contributed by atoms with E-state index in [0.29, 0.717) is 28.6 Å². The Hall–Kier alpha value is -3.81. The van der Waals surface area contributed by atoms with Crippen molar-refractivity contribution >= 4 is 24.0 Å². The van der Waals surface area contributed by atoms with Gasteiger partial charge in [0.2, 0.25) is 0 Å². The molecule has 0 unspecified atom stereocenters. The number of imide groups is 1. The summed E-state index contributed by atoms with van der Waals surface area (Å²) in [5.41, 5.74) is 1.59. The SMILES string of the molecule is COc1cc(/C=C2/NC(=O)N(CC(=O)O)C2=O)ccc1OCc1ccccc1. The van der Waals surface area contributed by atoms with Gasteiger partial charge in [0.15, 0.2) is 11.5 Å². The molecule has 3 amide bonds. The zero-order chi connectivity index (χ0) is 20.1. The van der Waals surface area contributed by atoms with Crippen molar-refractivity contribution in [2.24, 2.45) is 0 Å². The maximum atomic E-state index is 12.2. The number of carbonyl (C=O) groups is 3. The molecule has 144 valence electrons. The number of hydrogen-bond donors (Lipinski definition) is 2. The molecule has 2 aromatic carbocycles. The molecule has 2 N–H and O–H groups in total. The Balaban J connectivity index is 1.76. The first-order valence-electron chi connectivity index (χ1n) is 8.39. The van der Waals surface area contributed by atoms with E-state index in [9.17, 15) is 14.4 Å². The number of carbonyl (C=O) groups excluding carboxylic acids is 2. The number of hydrogen-bond acceptors (Lipinski definition) is 5. The number of ether oxygens (including phenoxy) is 2. The quantitative estimate of drug-likeness (QED) is 0.562. The Morgan fingerprint density at radius 3 is 2.57 bits per heavy atom. The molecule has 8 nitrogen and oxygen atoms in total. The highest BCUT2D eigenvalue weighted by Crippen LogP contribution is 2.30. The van der Waals surface area contributed by atoms with Crippen LogP contribution in [0.15, 0.2) is 54.2 Å². The fourth-order valence-electron chi connectivity index (χ4n) is 2.65. The normalized spacial score (nSPS) is 14.9. The first-order chi connectivity index (χ1) is 13.5. The van der Waals surface area contributed by atoms with Gasteiger partial charge >= 0.3 is 12.0 Å². The molecule has 1 fully saturated rings. The number of aliphatic carboxylic acids is 1. The topological polar surface area (TPSA) is 105 Å². The van der Waals surface area contributed by atoms with E-state index in [-0.39, 0.29) is 5.70 Å². The zero-order valence-corrected chi connectivity index (χ0v) is 15.0. The molecule has 0 bridgehead atoms. The van der Waals surface area contributed by atoms with E-state index in [1.807, 2.05) is 30.3 Å². The van der Waals surface area contributed by atoms with Gasteiger partial charge in [-0.25, -0.2) is 9.69 Å². The number of methoxy groups -OCH3 is 1. The first kappa shape index (κ1) is 19.0. The van der Waals surface area contributed by atoms with Crippen LogP contribution in [0.4, 0.5) is 4.79 Å². The van der Waals surface area contributed by atoms with Gasteiger partial charge in [-0.3, -0.25) is 9.59 Å². The van der Waals surface area contributed by atoms with Gasteiger partial charge in [0, 0.05) is 0 Å². The van der Waals surface area contributed by atoms with Crippen molar-refractivity contribution < 1.29 is 29.0 Å². The lowest BCUT2D eigenvalue weighted by Crippen LogP contribution is -2.35. The molecule has 8 heteroatoms. The second-order valence-corrected chi connectivity index (χ2v) is 5.96. The van der Waals surface area contributed by atoms with Gasteiger partial charge in [0.1, 0.15) is 18.8 Å². The Morgan fingerprint density at radius 2 is 1.89 bits per heavy atom. The van der Waals surface area contributed by atoms with Crippen LogP contribution in [-0.2, 0) is 16.2 Å². The second-order valence-electron chi connectivity index (χ2n) is 5.96. The predicted molar refractivity (Wildman–Crippen MR) is 99.6 cm³/mol. The smallest absolute Gasteiger partial charge is 0.329 e. The third-order valence-electron chi connectivity index (χ3n) is 3.99. The third kappa shape index (κ3) is 4.29. The summed E-state index contributed by atoms with van der Waals surface area (Å²) in [6.45, 7) is -0.325. The number of carboxylic acid groups (broad SMARTS) is 1. The molecule has 28 heavy (non-hydrogen) atoms. The van der Waals surface area contributed by atoms with Crippen molar-refractivity contribution in [1.82, 2.24) is 10.2 Å². The molecule has 1 aliphatic heterocycles. The fraction of sp³-hybridized carbons (Fsp3) is 0.150. The number of amides is 3. The summed E-state index contributed by atoms with van der Waals surface area (Å²) in [4.78, 5) is 35.4. The molecule has 0 atom stereocenters. The molecule has 1 saturated heterocycles. The highest BCUT2D eigenvalue weighted by Gasteiger charge is 2.34. The van der Waals surface area contributed by atoms with Crippen molar-refractivity contribution in [3.05, 3.63) is 65.4 Å². The summed E-state index contributed by atoms with van der Waals surface area (Å²) < 4.78 is 11.1. The monoisotopic (exact) mass is 382 g/mol. The maximum absolute atomic E-state index is 12.2. The Labute approximate surface area is 161 Å². The van der Waals surface area contributed by atoms with E-state index in [0.717, 1.165) is 5.56 Å². The van der Waals surface area contributed by atoms with Crippen LogP contribution in [0.25, 0.3) is 6.08 Å². The van der Waals surface area contributed by atoms with E-state index < -0.39 is 24.5 Å². The molecule has 3 rings (SSSR count). The van der Waals surface area contributed by atoms with Crippen LogP contribution in [0.5, 0.6) is 11.5 Å². The van der Waals surface area contributed by atoms with Crippen molar-refractivity contribution in [3.8, 4) is 11.5 Å². The van der Waals surface area contributed by atoms with Crippen molar-refractivity contribution in [1.29, 1.82) is 0 Å². The van der Waals surface area contributed by atoms with Crippen molar-refractivity contribution in [3.63, 3.8) is 0 Å². The van der Waals surface area contributed by atoms with Gasteiger partial charge in [-0.1, -0.05) is 36.4 Å². The minimum atomic E-state index is -1.27. The number of carboxylic acids is 1. The number of urea groups is 1. The van der Waals surface area contributed by atoms with Gasteiger partial charge in [0.05, 0.1) is 7.11 Å². The first-order valence-corrected chi connectivity index (χ1v) is 8.39. The van der Waals surface area contributed by atoms with Crippen LogP contribution in [-0.4, -0.2) is 41.6 Å². The fourth-order valence-corrected chi connectivity index (χ4v) is 2.65. The minimum absolute atomic E-state index is 0.00810. The van der Waals surface area contributed by atoms with E-state index >= 15 is 0 Å². The lowest BCUT2D eigenvalue weighted by Gasteiger charge is -2.11. The molecule has 2 aromatic rings. The molecule has 0 radical (unpaired) electrons. The Bertz CT molecular complexity index is 939. The van der Waals surface area contributed by atoms with E-state index in [1.165, 1.54) is 13.2 Å². The average Bonchev–Trinajstić information content (AvgIpc) is 2.94. The molecule has 0 aliphatic carbocycles. The largest absolute Gasteiger partial charge is 0.493 e. The van der Waals surface area contributed by atoms with Crippen molar-refractivity contribution in [2.75, 3.05) is 13.7 Å². The van der Waals surface area contributed by atoms with Gasteiger partial charge in [0.25, 0.3) is 5.91 Å². The lowest BCUT2D eigenvalue weighted by molar-refractivity contribution is -0.140. The highest BCUT2D eigenvalue weighted by molar-refractivity contribution is 6.15. The standard InChI is InChI=1S/C20H18N2O6/c1-27-17-10-14(7-8-16(17)28-12-13-5-3-2-4-6-13)9-15-19(25)22(11-18(23)24)20(26)21-15/h2-10H,11-12H2,1H3,(H,21,26)(H,23,24)/b15-9+. The predicted octanol–water partition coefficient (Wildman–Crippen LogP) is 2.25. The minimum Gasteiger partial charge on any atom is -0.493 e. The molecular formula is C20H18N2O6. The van der Waals surface area contributed by atoms with Gasteiger partial charge in [-0.05, 0) is 29.3 Å². The summed E-state index contributed by atoms with van der Waals surface area (Å²) in [6.07, 6.45) is 1.45. The lowest BCUT2D eigenvalue weighted by atomic mass is 10.1. The average molecular weight is 382 g/mol. The molecule has 0 spiro atoms. The number of benzene rings is 2. The molecule has 0 saturated carbocycles. The number of nitrogens with one attached hydrogen (secondary N) is 1. The molecule has 0 aromatic heterocycles. The van der Waals surface area contributed by atoms with Crippen LogP contribution >= 0.6 is 0 Å². The van der Waals surface area contributed by atoms with Crippen LogP contribution in [0.3, 0.4) is 0 Å². The van der Waals surface area contributed by atoms with E-state index in [4.69, 9.17) is 14.6 Å². The van der Waals surface area contributed by atoms with Crippen LogP contribution in [0.2, 0.25) is 0 Å². The second kappa shape index (κ2) is 8.26. The van der Waals surface area contributed by atoms with Gasteiger partial charge in [-0.15, -0.1) is 0 Å². The van der Waals surface area contributed by atoms with Crippen LogP contribution in [0, 0.1) is 0 Å². The zero-order valence-electron chi connectivity index (χ0n) is 15.0. The summed E-state index contributed by atoms with van der Waals surface area (Å²) in [7, 11) is 1.50. The summed E-state index contributed by atoms with van der Waals surface area (Å²) >= 11 is 0. The van der Waals surface area contributed by atoms with E-state index in [2.05, 4.69) is 5.32 Å².